The first-order valence-corrected chi connectivity index (χ1v) is 10.3. The smallest absolute Gasteiger partial charge is 0.218 e. The van der Waals surface area contributed by atoms with Gasteiger partial charge in [-0.3, -0.25) is 4.99 Å². The van der Waals surface area contributed by atoms with Crippen LogP contribution >= 0.6 is 35.7 Å². The van der Waals surface area contributed by atoms with Crippen LogP contribution in [0.1, 0.15) is 16.7 Å². The largest absolute Gasteiger partial charge is 0.475 e. The zero-order valence-corrected chi connectivity index (χ0v) is 20.1. The summed E-state index contributed by atoms with van der Waals surface area (Å²) in [5, 5.41) is 6.53. The van der Waals surface area contributed by atoms with E-state index >= 15 is 0 Å². The van der Waals surface area contributed by atoms with Gasteiger partial charge in [0, 0.05) is 44.8 Å². The van der Waals surface area contributed by atoms with E-state index in [9.17, 15) is 4.39 Å². The van der Waals surface area contributed by atoms with Crippen molar-refractivity contribution in [3.05, 3.63) is 59.0 Å². The lowest BCUT2D eigenvalue weighted by molar-refractivity contribution is 0.143. The number of aliphatic imine (C=N–C) groups is 1. The molecule has 160 valence electrons. The number of thioether (sulfide) groups is 1. The maximum absolute atomic E-state index is 13.5. The quantitative estimate of drug-likeness (QED) is 0.210. The van der Waals surface area contributed by atoms with Gasteiger partial charge in [0.1, 0.15) is 12.4 Å². The van der Waals surface area contributed by atoms with Gasteiger partial charge in [0.25, 0.3) is 0 Å². The van der Waals surface area contributed by atoms with Crippen LogP contribution in [-0.4, -0.2) is 44.6 Å². The van der Waals surface area contributed by atoms with Crippen molar-refractivity contribution in [2.24, 2.45) is 4.99 Å². The Morgan fingerprint density at radius 1 is 1.14 bits per heavy atom. The molecule has 0 saturated carbocycles. The number of methoxy groups -OCH3 is 1. The Morgan fingerprint density at radius 3 is 2.59 bits per heavy atom. The molecule has 29 heavy (non-hydrogen) atoms. The zero-order valence-electron chi connectivity index (χ0n) is 16.9. The molecule has 0 fully saturated rings. The van der Waals surface area contributed by atoms with E-state index in [-0.39, 0.29) is 29.8 Å². The van der Waals surface area contributed by atoms with Crippen molar-refractivity contribution in [3.63, 3.8) is 0 Å². The summed E-state index contributed by atoms with van der Waals surface area (Å²) in [6.07, 6.45) is 3.70. The second kappa shape index (κ2) is 14.4. The van der Waals surface area contributed by atoms with Gasteiger partial charge in [0.15, 0.2) is 5.96 Å². The summed E-state index contributed by atoms with van der Waals surface area (Å²) in [6.45, 7) is 2.01. The number of hydrogen-bond acceptors (Lipinski definition) is 5. The highest BCUT2D eigenvalue weighted by molar-refractivity contribution is 14.0. The maximum atomic E-state index is 13.5. The molecule has 0 aliphatic carbocycles. The molecule has 0 radical (unpaired) electrons. The van der Waals surface area contributed by atoms with E-state index in [4.69, 9.17) is 9.47 Å². The summed E-state index contributed by atoms with van der Waals surface area (Å²) in [5.41, 5.74) is 2.95. The molecule has 2 rings (SSSR count). The SMILES string of the molecule is CN=C(NCc1ccc(F)cc1CSC)NCc1cccnc1OCCOC.I. The second-order valence-corrected chi connectivity index (χ2v) is 6.80. The number of nitrogens with one attached hydrogen (secondary N) is 2. The molecule has 6 nitrogen and oxygen atoms in total. The van der Waals surface area contributed by atoms with Gasteiger partial charge >= 0.3 is 0 Å². The first-order chi connectivity index (χ1) is 13.7. The van der Waals surface area contributed by atoms with Crippen LogP contribution in [0.2, 0.25) is 0 Å². The molecule has 0 unspecified atom stereocenters. The average molecular weight is 534 g/mol. The van der Waals surface area contributed by atoms with Crippen LogP contribution in [0, 0.1) is 5.82 Å². The number of halogens is 2. The lowest BCUT2D eigenvalue weighted by atomic mass is 10.1. The normalized spacial score (nSPS) is 11.0. The van der Waals surface area contributed by atoms with Crippen molar-refractivity contribution in [1.29, 1.82) is 0 Å². The van der Waals surface area contributed by atoms with Gasteiger partial charge in [-0.25, -0.2) is 9.37 Å². The molecule has 0 amide bonds. The molecule has 0 spiro atoms. The van der Waals surface area contributed by atoms with Crippen molar-refractivity contribution < 1.29 is 13.9 Å². The van der Waals surface area contributed by atoms with Gasteiger partial charge in [-0.2, -0.15) is 11.8 Å². The second-order valence-electron chi connectivity index (χ2n) is 5.93. The van der Waals surface area contributed by atoms with E-state index in [2.05, 4.69) is 20.6 Å². The fourth-order valence-corrected chi connectivity index (χ4v) is 3.13. The predicted octanol–water partition coefficient (Wildman–Crippen LogP) is 3.59. The number of benzene rings is 1. The molecule has 2 aromatic rings. The highest BCUT2D eigenvalue weighted by Crippen LogP contribution is 2.17. The van der Waals surface area contributed by atoms with Crippen LogP contribution in [0.5, 0.6) is 5.88 Å². The third-order valence-corrected chi connectivity index (χ3v) is 4.56. The minimum absolute atomic E-state index is 0. The van der Waals surface area contributed by atoms with Crippen molar-refractivity contribution in [2.75, 3.05) is 33.6 Å². The summed E-state index contributed by atoms with van der Waals surface area (Å²) >= 11 is 1.66. The van der Waals surface area contributed by atoms with Crippen LogP contribution in [0.25, 0.3) is 0 Å². The highest BCUT2D eigenvalue weighted by Gasteiger charge is 2.08. The Labute approximate surface area is 193 Å². The molecular formula is C20H28FIN4O2S. The summed E-state index contributed by atoms with van der Waals surface area (Å²) in [6, 6.07) is 8.69. The fraction of sp³-hybridized carbons (Fsp3) is 0.400. The number of rotatable bonds is 10. The zero-order chi connectivity index (χ0) is 20.2. The van der Waals surface area contributed by atoms with Gasteiger partial charge < -0.3 is 20.1 Å². The van der Waals surface area contributed by atoms with Gasteiger partial charge in [0.2, 0.25) is 5.88 Å². The van der Waals surface area contributed by atoms with Gasteiger partial charge in [-0.1, -0.05) is 12.1 Å². The van der Waals surface area contributed by atoms with Crippen LogP contribution in [0.3, 0.4) is 0 Å². The molecule has 1 aromatic heterocycles. The first-order valence-electron chi connectivity index (χ1n) is 8.94. The van der Waals surface area contributed by atoms with Crippen LogP contribution in [-0.2, 0) is 23.6 Å². The summed E-state index contributed by atoms with van der Waals surface area (Å²) in [5.74, 6) is 1.76. The molecule has 0 atom stereocenters. The molecule has 0 aliphatic heterocycles. The lowest BCUT2D eigenvalue weighted by Crippen LogP contribution is -2.36. The van der Waals surface area contributed by atoms with Crippen LogP contribution in [0.4, 0.5) is 4.39 Å². The number of ether oxygens (including phenoxy) is 2. The Morgan fingerprint density at radius 2 is 1.90 bits per heavy atom. The number of hydrogen-bond donors (Lipinski definition) is 2. The summed E-state index contributed by atoms with van der Waals surface area (Å²) in [4.78, 5) is 8.52. The minimum Gasteiger partial charge on any atom is -0.475 e. The van der Waals surface area contributed by atoms with Gasteiger partial charge in [-0.05, 0) is 35.6 Å². The van der Waals surface area contributed by atoms with E-state index in [1.54, 1.807) is 38.2 Å². The Kier molecular flexibility index (Phi) is 12.6. The predicted molar refractivity (Wildman–Crippen MR) is 128 cm³/mol. The molecule has 1 aromatic carbocycles. The number of nitrogens with zero attached hydrogens (tertiary/aromatic N) is 2. The van der Waals surface area contributed by atoms with Crippen molar-refractivity contribution in [2.45, 2.75) is 18.8 Å². The average Bonchev–Trinajstić information content (AvgIpc) is 2.71. The number of pyridine rings is 1. The summed E-state index contributed by atoms with van der Waals surface area (Å²) in [7, 11) is 3.34. The van der Waals surface area contributed by atoms with Crippen LogP contribution in [0.15, 0.2) is 41.5 Å². The number of guanidine groups is 1. The Balaban J connectivity index is 0.00000420. The molecule has 0 saturated heterocycles. The third kappa shape index (κ3) is 8.75. The molecular weight excluding hydrogens is 506 g/mol. The van der Waals surface area contributed by atoms with E-state index in [0.717, 1.165) is 22.4 Å². The van der Waals surface area contributed by atoms with E-state index in [0.29, 0.717) is 38.1 Å². The topological polar surface area (TPSA) is 67.8 Å². The van der Waals surface area contributed by atoms with Crippen LogP contribution < -0.4 is 15.4 Å². The maximum Gasteiger partial charge on any atom is 0.218 e. The van der Waals surface area contributed by atoms with Crippen molar-refractivity contribution in [3.8, 4) is 5.88 Å². The number of aromatic nitrogens is 1. The van der Waals surface area contributed by atoms with E-state index in [1.165, 1.54) is 6.07 Å². The van der Waals surface area contributed by atoms with E-state index < -0.39 is 0 Å². The molecule has 1 heterocycles. The first kappa shape index (κ1) is 25.4. The summed E-state index contributed by atoms with van der Waals surface area (Å²) < 4.78 is 24.2. The van der Waals surface area contributed by atoms with E-state index in [1.807, 2.05) is 24.5 Å². The molecule has 2 N–H and O–H groups in total. The van der Waals surface area contributed by atoms with Crippen molar-refractivity contribution >= 4 is 41.7 Å². The highest BCUT2D eigenvalue weighted by atomic mass is 127. The molecule has 0 bridgehead atoms. The van der Waals surface area contributed by atoms with Crippen molar-refractivity contribution in [1.82, 2.24) is 15.6 Å². The lowest BCUT2D eigenvalue weighted by Gasteiger charge is -2.15. The standard InChI is InChI=1S/C20H27FN4O2S.HI/c1-22-20(24-12-15-6-7-18(21)11-17(15)14-28-3)25-13-16-5-4-8-23-19(16)27-10-9-26-2;/h4-8,11H,9-10,12-14H2,1-3H3,(H2,22,24,25);1H. The Bertz CT molecular complexity index is 780. The molecule has 0 aliphatic rings. The third-order valence-electron chi connectivity index (χ3n) is 3.96. The van der Waals surface area contributed by atoms with Gasteiger partial charge in [0.05, 0.1) is 6.61 Å². The Hall–Kier alpha value is -1.59. The molecule has 9 heteroatoms. The monoisotopic (exact) mass is 534 g/mol. The fourth-order valence-electron chi connectivity index (χ4n) is 2.55. The minimum atomic E-state index is -0.215. The van der Waals surface area contributed by atoms with Gasteiger partial charge in [-0.15, -0.1) is 24.0 Å².